The second-order valence-corrected chi connectivity index (χ2v) is 7.60. The molecule has 2 aromatic carbocycles. The molecule has 0 spiro atoms. The molecule has 4 rings (SSSR count). The average Bonchev–Trinajstić information content (AvgIpc) is 3.26. The van der Waals surface area contributed by atoms with Gasteiger partial charge >= 0.3 is 0 Å². The van der Waals surface area contributed by atoms with Gasteiger partial charge in [0.05, 0.1) is 25.5 Å². The second kappa shape index (κ2) is 8.62. The van der Waals surface area contributed by atoms with E-state index in [4.69, 9.17) is 9.47 Å². The van der Waals surface area contributed by atoms with E-state index in [0.717, 1.165) is 11.3 Å². The number of hydrogen-bond acceptors (Lipinski definition) is 7. The molecule has 0 saturated carbocycles. The molecule has 0 fully saturated rings. The molecule has 1 aliphatic rings. The maximum atomic E-state index is 13.5. The van der Waals surface area contributed by atoms with Crippen LogP contribution in [0.2, 0.25) is 0 Å². The van der Waals surface area contributed by atoms with E-state index in [0.29, 0.717) is 34.4 Å². The third-order valence-electron chi connectivity index (χ3n) is 5.42. The zero-order valence-electron chi connectivity index (χ0n) is 18.7. The summed E-state index contributed by atoms with van der Waals surface area (Å²) in [7, 11) is 7.10. The largest absolute Gasteiger partial charge is 0.497 e. The fourth-order valence-electron chi connectivity index (χ4n) is 3.74. The number of carbonyl (C=O) groups excluding carboxylic acids is 1. The van der Waals surface area contributed by atoms with Crippen LogP contribution in [-0.2, 0) is 4.79 Å². The van der Waals surface area contributed by atoms with Crippen molar-refractivity contribution in [2.45, 2.75) is 13.0 Å². The van der Waals surface area contributed by atoms with Crippen molar-refractivity contribution in [2.75, 3.05) is 43.8 Å². The molecular weight excluding hydrogens is 408 g/mol. The maximum absolute atomic E-state index is 13.5. The molecule has 9 heteroatoms. The van der Waals surface area contributed by atoms with Crippen molar-refractivity contribution in [2.24, 2.45) is 0 Å². The first-order valence-electron chi connectivity index (χ1n) is 10.1. The van der Waals surface area contributed by atoms with E-state index in [-0.39, 0.29) is 5.91 Å². The fourth-order valence-corrected chi connectivity index (χ4v) is 3.74. The Morgan fingerprint density at radius 1 is 1.12 bits per heavy atom. The lowest BCUT2D eigenvalue weighted by Crippen LogP contribution is -2.31. The summed E-state index contributed by atoms with van der Waals surface area (Å²) in [4.78, 5) is 19.8. The Hall–Kier alpha value is -4.01. The number of amides is 1. The molecule has 0 saturated heterocycles. The Morgan fingerprint density at radius 3 is 2.53 bits per heavy atom. The van der Waals surface area contributed by atoms with Gasteiger partial charge in [-0.2, -0.15) is 10.1 Å². The van der Waals surface area contributed by atoms with Crippen molar-refractivity contribution < 1.29 is 14.3 Å². The summed E-state index contributed by atoms with van der Waals surface area (Å²) in [5.74, 6) is 1.47. The van der Waals surface area contributed by atoms with Crippen LogP contribution in [0.25, 0.3) is 0 Å². The van der Waals surface area contributed by atoms with Gasteiger partial charge in [-0.05, 0) is 36.8 Å². The second-order valence-electron chi connectivity index (χ2n) is 7.60. The molecule has 1 aromatic heterocycles. The van der Waals surface area contributed by atoms with Crippen molar-refractivity contribution in [3.8, 4) is 11.5 Å². The minimum Gasteiger partial charge on any atom is -0.497 e. The normalized spacial score (nSPS) is 15.0. The lowest BCUT2D eigenvalue weighted by atomic mass is 9.94. The maximum Gasteiger partial charge on any atom is 0.255 e. The van der Waals surface area contributed by atoms with Gasteiger partial charge in [0.1, 0.15) is 23.9 Å². The molecule has 2 N–H and O–H groups in total. The van der Waals surface area contributed by atoms with Crippen LogP contribution in [0.1, 0.15) is 18.5 Å². The molecule has 0 aliphatic carbocycles. The van der Waals surface area contributed by atoms with Crippen molar-refractivity contribution >= 4 is 23.2 Å². The van der Waals surface area contributed by atoms with Crippen LogP contribution < -0.4 is 25.0 Å². The van der Waals surface area contributed by atoms with Gasteiger partial charge in [-0.3, -0.25) is 4.79 Å². The number of methoxy groups -OCH3 is 2. The van der Waals surface area contributed by atoms with Crippen LogP contribution in [0.4, 0.5) is 17.3 Å². The smallest absolute Gasteiger partial charge is 0.255 e. The summed E-state index contributed by atoms with van der Waals surface area (Å²) in [5.41, 5.74) is 3.78. The molecular formula is C23H26N6O3. The first-order valence-corrected chi connectivity index (χ1v) is 10.1. The van der Waals surface area contributed by atoms with Crippen LogP contribution in [0.5, 0.6) is 11.5 Å². The van der Waals surface area contributed by atoms with Crippen molar-refractivity contribution in [3.63, 3.8) is 0 Å². The molecule has 0 unspecified atom stereocenters. The fraction of sp³-hybridized carbons (Fsp3) is 0.261. The topological polar surface area (TPSA) is 93.5 Å². The standard InChI is InChI=1S/C23H26N6O3/c1-14-20(22(30)27-18-11-10-17(31-4)12-19(18)32-5)21(29-23(26-14)24-13-25-29)15-6-8-16(9-7-15)28(2)3/h6-13,21H,1-5H3,(H,27,30)(H,24,25,26)/t21-/m1/s1. The highest BCUT2D eigenvalue weighted by atomic mass is 16.5. The van der Waals surface area contributed by atoms with Gasteiger partial charge in [-0.25, -0.2) is 4.68 Å². The predicted molar refractivity (Wildman–Crippen MR) is 123 cm³/mol. The monoisotopic (exact) mass is 434 g/mol. The molecule has 166 valence electrons. The lowest BCUT2D eigenvalue weighted by Gasteiger charge is -2.29. The van der Waals surface area contributed by atoms with E-state index in [1.54, 1.807) is 37.1 Å². The summed E-state index contributed by atoms with van der Waals surface area (Å²) in [6.45, 7) is 1.86. The van der Waals surface area contributed by atoms with Gasteiger partial charge in [0.15, 0.2) is 0 Å². The Labute approximate surface area is 186 Å². The third kappa shape index (κ3) is 3.84. The molecule has 3 aromatic rings. The summed E-state index contributed by atoms with van der Waals surface area (Å²) in [5, 5.41) is 10.5. The molecule has 0 radical (unpaired) electrons. The zero-order chi connectivity index (χ0) is 22.8. The third-order valence-corrected chi connectivity index (χ3v) is 5.42. The number of fused-ring (bicyclic) bond motifs is 1. The summed E-state index contributed by atoms with van der Waals surface area (Å²) < 4.78 is 12.4. The number of allylic oxidation sites excluding steroid dienone is 1. The van der Waals surface area contributed by atoms with Gasteiger partial charge in [-0.1, -0.05) is 12.1 Å². The first kappa shape index (κ1) is 21.2. The summed E-state index contributed by atoms with van der Waals surface area (Å²) >= 11 is 0. The Kier molecular flexibility index (Phi) is 5.72. The van der Waals surface area contributed by atoms with E-state index in [9.17, 15) is 4.79 Å². The van der Waals surface area contributed by atoms with Gasteiger partial charge in [0.2, 0.25) is 5.95 Å². The number of ether oxygens (including phenoxy) is 2. The Balaban J connectivity index is 1.73. The predicted octanol–water partition coefficient (Wildman–Crippen LogP) is 3.29. The minimum absolute atomic E-state index is 0.263. The minimum atomic E-state index is -0.436. The number of nitrogens with zero attached hydrogens (tertiary/aromatic N) is 4. The lowest BCUT2D eigenvalue weighted by molar-refractivity contribution is -0.113. The van der Waals surface area contributed by atoms with Crippen LogP contribution in [0, 0.1) is 0 Å². The number of hydrogen-bond donors (Lipinski definition) is 2. The molecule has 1 atom stereocenters. The van der Waals surface area contributed by atoms with Crippen molar-refractivity contribution in [1.29, 1.82) is 0 Å². The van der Waals surface area contributed by atoms with E-state index < -0.39 is 6.04 Å². The van der Waals surface area contributed by atoms with E-state index in [2.05, 4.69) is 20.7 Å². The van der Waals surface area contributed by atoms with E-state index in [1.807, 2.05) is 50.2 Å². The Bertz CT molecular complexity index is 1170. The Morgan fingerprint density at radius 2 is 1.88 bits per heavy atom. The van der Waals surface area contributed by atoms with Crippen LogP contribution >= 0.6 is 0 Å². The zero-order valence-corrected chi connectivity index (χ0v) is 18.7. The molecule has 1 amide bonds. The number of carbonyl (C=O) groups is 1. The van der Waals surface area contributed by atoms with Gasteiger partial charge < -0.3 is 25.0 Å². The number of aromatic nitrogens is 3. The molecule has 32 heavy (non-hydrogen) atoms. The molecule has 1 aliphatic heterocycles. The highest BCUT2D eigenvalue weighted by molar-refractivity contribution is 6.06. The van der Waals surface area contributed by atoms with Crippen molar-refractivity contribution in [3.05, 3.63) is 65.6 Å². The van der Waals surface area contributed by atoms with Crippen LogP contribution in [-0.4, -0.2) is 49.0 Å². The van der Waals surface area contributed by atoms with E-state index in [1.165, 1.54) is 6.33 Å². The number of nitrogens with one attached hydrogen (secondary N) is 2. The first-order chi connectivity index (χ1) is 15.4. The van der Waals surface area contributed by atoms with E-state index >= 15 is 0 Å². The average molecular weight is 435 g/mol. The van der Waals surface area contributed by atoms with Gasteiger partial charge in [-0.15, -0.1) is 0 Å². The molecule has 9 nitrogen and oxygen atoms in total. The van der Waals surface area contributed by atoms with Gasteiger partial charge in [0, 0.05) is 31.5 Å². The summed E-state index contributed by atoms with van der Waals surface area (Å²) in [6, 6.07) is 12.9. The SMILES string of the molecule is COc1ccc(NC(=O)C2=C(C)Nc3ncnn3[C@@H]2c2ccc(N(C)C)cc2)c(OC)c1. The quantitative estimate of drug-likeness (QED) is 0.615. The molecule has 2 heterocycles. The number of rotatable bonds is 6. The van der Waals surface area contributed by atoms with Crippen molar-refractivity contribution in [1.82, 2.24) is 14.8 Å². The van der Waals surface area contributed by atoms with Crippen LogP contribution in [0.3, 0.4) is 0 Å². The summed E-state index contributed by atoms with van der Waals surface area (Å²) in [6.07, 6.45) is 1.48. The number of benzene rings is 2. The highest BCUT2D eigenvalue weighted by Crippen LogP contribution is 2.37. The highest BCUT2D eigenvalue weighted by Gasteiger charge is 2.33. The van der Waals surface area contributed by atoms with Gasteiger partial charge in [0.25, 0.3) is 5.91 Å². The molecule has 0 bridgehead atoms. The number of anilines is 3. The van der Waals surface area contributed by atoms with Crippen LogP contribution in [0.15, 0.2) is 60.1 Å².